The molecule has 0 fully saturated rings. The van der Waals surface area contributed by atoms with Crippen molar-refractivity contribution in [2.45, 2.75) is 32.3 Å². The number of benzene rings is 1. The molecule has 1 atom stereocenters. The van der Waals surface area contributed by atoms with Gasteiger partial charge in [0.1, 0.15) is 6.10 Å². The van der Waals surface area contributed by atoms with Gasteiger partial charge in [-0.25, -0.2) is 4.79 Å². The molecule has 90 valence electrons. The molecule has 1 N–H and O–H groups in total. The van der Waals surface area contributed by atoms with Crippen molar-refractivity contribution in [3.63, 3.8) is 0 Å². The standard InChI is InChI=1S/C14H17NO2/c1-11-6-5-9-13(10-11)17-14(16)15-12-7-3-2-4-8-12/h2-4,7-8,10,13H,5-6,9H2,1H3,(H,15,16). The van der Waals surface area contributed by atoms with E-state index in [2.05, 4.69) is 12.2 Å². The SMILES string of the molecule is CC1=CC(OC(=O)Nc2ccccc2)CCC1. The normalized spacial score (nSPS) is 19.4. The fourth-order valence-electron chi connectivity index (χ4n) is 1.97. The van der Waals surface area contributed by atoms with Crippen LogP contribution in [0.1, 0.15) is 26.2 Å². The molecule has 0 heterocycles. The van der Waals surface area contributed by atoms with Crippen LogP contribution < -0.4 is 5.32 Å². The molecule has 0 saturated carbocycles. The Labute approximate surface area is 101 Å². The van der Waals surface area contributed by atoms with Gasteiger partial charge in [0.15, 0.2) is 0 Å². The van der Waals surface area contributed by atoms with Crippen molar-refractivity contribution in [3.8, 4) is 0 Å². The van der Waals surface area contributed by atoms with Crippen LogP contribution in [0.4, 0.5) is 10.5 Å². The minimum atomic E-state index is -0.382. The lowest BCUT2D eigenvalue weighted by molar-refractivity contribution is 0.125. The van der Waals surface area contributed by atoms with Gasteiger partial charge in [-0.3, -0.25) is 5.32 Å². The average Bonchev–Trinajstić information content (AvgIpc) is 2.30. The lowest BCUT2D eigenvalue weighted by atomic mass is 9.99. The fourth-order valence-corrected chi connectivity index (χ4v) is 1.97. The largest absolute Gasteiger partial charge is 0.442 e. The van der Waals surface area contributed by atoms with Gasteiger partial charge in [0.25, 0.3) is 0 Å². The molecule has 1 amide bonds. The molecule has 0 saturated heterocycles. The Hall–Kier alpha value is -1.77. The summed E-state index contributed by atoms with van der Waals surface area (Å²) in [5.74, 6) is 0. The highest BCUT2D eigenvalue weighted by atomic mass is 16.6. The van der Waals surface area contributed by atoms with Crippen molar-refractivity contribution in [2.75, 3.05) is 5.32 Å². The molecule has 1 aliphatic carbocycles. The number of nitrogens with one attached hydrogen (secondary N) is 1. The Morgan fingerprint density at radius 2 is 2.12 bits per heavy atom. The van der Waals surface area contributed by atoms with Gasteiger partial charge >= 0.3 is 6.09 Å². The summed E-state index contributed by atoms with van der Waals surface area (Å²) in [5.41, 5.74) is 2.06. The highest BCUT2D eigenvalue weighted by Gasteiger charge is 2.15. The number of anilines is 1. The van der Waals surface area contributed by atoms with E-state index in [-0.39, 0.29) is 12.2 Å². The van der Waals surface area contributed by atoms with E-state index in [1.165, 1.54) is 5.57 Å². The highest BCUT2D eigenvalue weighted by molar-refractivity contribution is 5.84. The topological polar surface area (TPSA) is 38.3 Å². The second-order valence-electron chi connectivity index (χ2n) is 4.34. The van der Waals surface area contributed by atoms with Gasteiger partial charge in [-0.2, -0.15) is 0 Å². The molecule has 0 spiro atoms. The maximum atomic E-state index is 11.6. The van der Waals surface area contributed by atoms with Gasteiger partial charge in [0, 0.05) is 5.69 Å². The molecular weight excluding hydrogens is 214 g/mol. The summed E-state index contributed by atoms with van der Waals surface area (Å²) >= 11 is 0. The van der Waals surface area contributed by atoms with Gasteiger partial charge < -0.3 is 4.74 Å². The molecule has 0 aliphatic heterocycles. The monoisotopic (exact) mass is 231 g/mol. The molecule has 17 heavy (non-hydrogen) atoms. The maximum Gasteiger partial charge on any atom is 0.412 e. The van der Waals surface area contributed by atoms with Crippen LogP contribution in [-0.2, 0) is 4.74 Å². The summed E-state index contributed by atoms with van der Waals surface area (Å²) < 4.78 is 5.34. The van der Waals surface area contributed by atoms with Crippen LogP contribution in [0.3, 0.4) is 0 Å². The van der Waals surface area contributed by atoms with E-state index in [1.807, 2.05) is 36.4 Å². The van der Waals surface area contributed by atoms with Crippen LogP contribution >= 0.6 is 0 Å². The van der Waals surface area contributed by atoms with E-state index in [9.17, 15) is 4.79 Å². The lowest BCUT2D eigenvalue weighted by Gasteiger charge is -2.19. The fraction of sp³-hybridized carbons (Fsp3) is 0.357. The number of allylic oxidation sites excluding steroid dienone is 1. The van der Waals surface area contributed by atoms with E-state index in [4.69, 9.17) is 4.74 Å². The molecule has 1 aromatic carbocycles. The number of amides is 1. The Morgan fingerprint density at radius 1 is 1.35 bits per heavy atom. The predicted octanol–water partition coefficient (Wildman–Crippen LogP) is 3.73. The lowest BCUT2D eigenvalue weighted by Crippen LogP contribution is -2.22. The zero-order valence-electron chi connectivity index (χ0n) is 9.98. The van der Waals surface area contributed by atoms with Crippen molar-refractivity contribution < 1.29 is 9.53 Å². The number of para-hydroxylation sites is 1. The second-order valence-corrected chi connectivity index (χ2v) is 4.34. The molecule has 3 nitrogen and oxygen atoms in total. The van der Waals surface area contributed by atoms with Crippen LogP contribution in [0, 0.1) is 0 Å². The summed E-state index contributed by atoms with van der Waals surface area (Å²) in [6.45, 7) is 2.07. The van der Waals surface area contributed by atoms with Crippen LogP contribution in [0.2, 0.25) is 0 Å². The number of rotatable bonds is 2. The molecular formula is C14H17NO2. The minimum Gasteiger partial charge on any atom is -0.442 e. The first-order chi connectivity index (χ1) is 8.24. The first-order valence-corrected chi connectivity index (χ1v) is 5.94. The molecule has 0 radical (unpaired) electrons. The number of hydrogen-bond acceptors (Lipinski definition) is 2. The third-order valence-corrected chi connectivity index (χ3v) is 2.81. The van der Waals surface area contributed by atoms with E-state index < -0.39 is 0 Å². The Kier molecular flexibility index (Phi) is 3.81. The number of ether oxygens (including phenoxy) is 1. The van der Waals surface area contributed by atoms with Crippen molar-refractivity contribution in [1.82, 2.24) is 0 Å². The van der Waals surface area contributed by atoms with Crippen molar-refractivity contribution in [3.05, 3.63) is 42.0 Å². The van der Waals surface area contributed by atoms with E-state index >= 15 is 0 Å². The quantitative estimate of drug-likeness (QED) is 0.787. The van der Waals surface area contributed by atoms with Crippen LogP contribution in [0.5, 0.6) is 0 Å². The molecule has 1 aromatic rings. The second kappa shape index (κ2) is 5.53. The van der Waals surface area contributed by atoms with Gasteiger partial charge in [0.05, 0.1) is 0 Å². The molecule has 1 aliphatic rings. The smallest absolute Gasteiger partial charge is 0.412 e. The average molecular weight is 231 g/mol. The zero-order valence-corrected chi connectivity index (χ0v) is 9.98. The van der Waals surface area contributed by atoms with Gasteiger partial charge in [-0.05, 0) is 44.4 Å². The molecule has 1 unspecified atom stereocenters. The highest BCUT2D eigenvalue weighted by Crippen LogP contribution is 2.20. The summed E-state index contributed by atoms with van der Waals surface area (Å²) in [6.07, 6.45) is 4.69. The van der Waals surface area contributed by atoms with Crippen molar-refractivity contribution in [1.29, 1.82) is 0 Å². The van der Waals surface area contributed by atoms with E-state index in [0.29, 0.717) is 0 Å². The Morgan fingerprint density at radius 3 is 2.82 bits per heavy atom. The molecule has 0 bridgehead atoms. The van der Waals surface area contributed by atoms with E-state index in [1.54, 1.807) is 0 Å². The number of hydrogen-bond donors (Lipinski definition) is 1. The van der Waals surface area contributed by atoms with Crippen LogP contribution in [-0.4, -0.2) is 12.2 Å². The summed E-state index contributed by atoms with van der Waals surface area (Å²) in [6, 6.07) is 9.33. The van der Waals surface area contributed by atoms with Gasteiger partial charge in [-0.1, -0.05) is 23.8 Å². The van der Waals surface area contributed by atoms with Crippen LogP contribution in [0.15, 0.2) is 42.0 Å². The number of carbonyl (C=O) groups is 1. The van der Waals surface area contributed by atoms with Crippen LogP contribution in [0.25, 0.3) is 0 Å². The van der Waals surface area contributed by atoms with Crippen molar-refractivity contribution >= 4 is 11.8 Å². The number of carbonyl (C=O) groups excluding carboxylic acids is 1. The first-order valence-electron chi connectivity index (χ1n) is 5.94. The third-order valence-electron chi connectivity index (χ3n) is 2.81. The minimum absolute atomic E-state index is 0.0764. The summed E-state index contributed by atoms with van der Waals surface area (Å²) in [5, 5.41) is 2.71. The van der Waals surface area contributed by atoms with Gasteiger partial charge in [-0.15, -0.1) is 0 Å². The zero-order chi connectivity index (χ0) is 12.1. The summed E-state index contributed by atoms with van der Waals surface area (Å²) in [7, 11) is 0. The third kappa shape index (κ3) is 3.63. The summed E-state index contributed by atoms with van der Waals surface area (Å²) in [4.78, 5) is 11.6. The molecule has 2 rings (SSSR count). The van der Waals surface area contributed by atoms with Crippen molar-refractivity contribution in [2.24, 2.45) is 0 Å². The Balaban J connectivity index is 1.87. The van der Waals surface area contributed by atoms with E-state index in [0.717, 1.165) is 24.9 Å². The molecule has 3 heteroatoms. The predicted molar refractivity (Wildman–Crippen MR) is 67.9 cm³/mol. The Bertz CT molecular complexity index is 411. The first kappa shape index (κ1) is 11.7. The van der Waals surface area contributed by atoms with Gasteiger partial charge in [0.2, 0.25) is 0 Å². The molecule has 0 aromatic heterocycles. The maximum absolute atomic E-state index is 11.6.